The summed E-state index contributed by atoms with van der Waals surface area (Å²) in [7, 11) is 1.98. The van der Waals surface area contributed by atoms with Crippen LogP contribution in [0.4, 0.5) is 0 Å². The lowest BCUT2D eigenvalue weighted by Crippen LogP contribution is -2.09. The van der Waals surface area contributed by atoms with Gasteiger partial charge >= 0.3 is 0 Å². The molecule has 1 heterocycles. The van der Waals surface area contributed by atoms with Crippen LogP contribution in [0, 0.1) is 0 Å². The Morgan fingerprint density at radius 1 is 1.10 bits per heavy atom. The number of aromatic amines is 1. The molecule has 3 nitrogen and oxygen atoms in total. The SMILES string of the molecule is CNCCc1c[nH]c2ccc(OCc3ccccc3)cc12. The molecule has 21 heavy (non-hydrogen) atoms. The molecule has 0 aliphatic heterocycles. The van der Waals surface area contributed by atoms with E-state index in [1.165, 1.54) is 16.5 Å². The number of hydrogen-bond donors (Lipinski definition) is 2. The van der Waals surface area contributed by atoms with Crippen molar-refractivity contribution in [2.24, 2.45) is 0 Å². The van der Waals surface area contributed by atoms with Gasteiger partial charge in [0.25, 0.3) is 0 Å². The van der Waals surface area contributed by atoms with Crippen LogP contribution in [0.15, 0.2) is 54.7 Å². The Bertz CT molecular complexity index is 704. The quantitative estimate of drug-likeness (QED) is 0.725. The lowest BCUT2D eigenvalue weighted by Gasteiger charge is -2.07. The first-order chi connectivity index (χ1) is 10.4. The summed E-state index contributed by atoms with van der Waals surface area (Å²) in [5.41, 5.74) is 3.67. The van der Waals surface area contributed by atoms with Crippen LogP contribution in [-0.2, 0) is 13.0 Å². The van der Waals surface area contributed by atoms with Gasteiger partial charge in [-0.2, -0.15) is 0 Å². The van der Waals surface area contributed by atoms with Crippen LogP contribution in [-0.4, -0.2) is 18.6 Å². The predicted molar refractivity (Wildman–Crippen MR) is 86.7 cm³/mol. The summed E-state index contributed by atoms with van der Waals surface area (Å²) in [4.78, 5) is 3.31. The van der Waals surface area contributed by atoms with Crippen molar-refractivity contribution in [2.75, 3.05) is 13.6 Å². The second kappa shape index (κ2) is 6.46. The van der Waals surface area contributed by atoms with Gasteiger partial charge in [-0.1, -0.05) is 30.3 Å². The maximum atomic E-state index is 5.90. The maximum absolute atomic E-state index is 5.90. The van der Waals surface area contributed by atoms with E-state index in [0.717, 1.165) is 24.2 Å². The highest BCUT2D eigenvalue weighted by Gasteiger charge is 2.05. The Morgan fingerprint density at radius 3 is 2.76 bits per heavy atom. The molecule has 108 valence electrons. The van der Waals surface area contributed by atoms with Crippen LogP contribution in [0.5, 0.6) is 5.75 Å². The molecule has 0 atom stereocenters. The largest absolute Gasteiger partial charge is 0.489 e. The van der Waals surface area contributed by atoms with Gasteiger partial charge in [0, 0.05) is 17.1 Å². The minimum Gasteiger partial charge on any atom is -0.489 e. The molecular formula is C18H20N2O. The van der Waals surface area contributed by atoms with Crippen molar-refractivity contribution in [2.45, 2.75) is 13.0 Å². The zero-order valence-corrected chi connectivity index (χ0v) is 12.2. The molecule has 0 aliphatic carbocycles. The fraction of sp³-hybridized carbons (Fsp3) is 0.222. The monoisotopic (exact) mass is 280 g/mol. The summed E-state index contributed by atoms with van der Waals surface area (Å²) in [5, 5.41) is 4.43. The Balaban J connectivity index is 1.76. The molecule has 0 aliphatic rings. The van der Waals surface area contributed by atoms with Crippen LogP contribution in [0.2, 0.25) is 0 Å². The highest BCUT2D eigenvalue weighted by molar-refractivity contribution is 5.84. The van der Waals surface area contributed by atoms with Crippen LogP contribution in [0.25, 0.3) is 10.9 Å². The minimum absolute atomic E-state index is 0.600. The van der Waals surface area contributed by atoms with E-state index in [2.05, 4.69) is 40.8 Å². The number of fused-ring (bicyclic) bond motifs is 1. The fourth-order valence-corrected chi connectivity index (χ4v) is 2.45. The lowest BCUT2D eigenvalue weighted by molar-refractivity contribution is 0.306. The van der Waals surface area contributed by atoms with Gasteiger partial charge in [0.1, 0.15) is 12.4 Å². The van der Waals surface area contributed by atoms with Crippen LogP contribution >= 0.6 is 0 Å². The first-order valence-electron chi connectivity index (χ1n) is 7.28. The van der Waals surface area contributed by atoms with Gasteiger partial charge in [-0.3, -0.25) is 0 Å². The summed E-state index contributed by atoms with van der Waals surface area (Å²) in [6.07, 6.45) is 3.10. The molecule has 0 radical (unpaired) electrons. The Morgan fingerprint density at radius 2 is 1.95 bits per heavy atom. The molecule has 2 aromatic carbocycles. The van der Waals surface area contributed by atoms with Gasteiger partial charge in [-0.15, -0.1) is 0 Å². The molecule has 0 unspecified atom stereocenters. The van der Waals surface area contributed by atoms with Crippen molar-refractivity contribution in [1.82, 2.24) is 10.3 Å². The summed E-state index contributed by atoms with van der Waals surface area (Å²) in [6.45, 7) is 1.57. The summed E-state index contributed by atoms with van der Waals surface area (Å²) < 4.78 is 5.90. The van der Waals surface area contributed by atoms with Gasteiger partial charge in [0.15, 0.2) is 0 Å². The molecule has 0 fully saturated rings. The molecule has 1 aromatic heterocycles. The first kappa shape index (κ1) is 13.7. The normalized spacial score (nSPS) is 10.9. The van der Waals surface area contributed by atoms with Crippen LogP contribution < -0.4 is 10.1 Å². The molecule has 0 amide bonds. The van der Waals surface area contributed by atoms with Gasteiger partial charge in [-0.05, 0) is 49.3 Å². The molecular weight excluding hydrogens is 260 g/mol. The third kappa shape index (κ3) is 3.26. The fourth-order valence-electron chi connectivity index (χ4n) is 2.45. The highest BCUT2D eigenvalue weighted by Crippen LogP contribution is 2.24. The molecule has 3 rings (SSSR count). The van der Waals surface area contributed by atoms with Gasteiger partial charge in [0.05, 0.1) is 0 Å². The van der Waals surface area contributed by atoms with E-state index < -0.39 is 0 Å². The van der Waals surface area contributed by atoms with Crippen molar-refractivity contribution >= 4 is 10.9 Å². The van der Waals surface area contributed by atoms with E-state index in [1.54, 1.807) is 0 Å². The van der Waals surface area contributed by atoms with Gasteiger partial charge in [-0.25, -0.2) is 0 Å². The number of nitrogens with one attached hydrogen (secondary N) is 2. The predicted octanol–water partition coefficient (Wildman–Crippen LogP) is 3.51. The van der Waals surface area contributed by atoms with Crippen LogP contribution in [0.1, 0.15) is 11.1 Å². The molecule has 0 spiro atoms. The lowest BCUT2D eigenvalue weighted by atomic mass is 10.1. The number of benzene rings is 2. The first-order valence-corrected chi connectivity index (χ1v) is 7.28. The van der Waals surface area contributed by atoms with E-state index >= 15 is 0 Å². The molecule has 0 saturated carbocycles. The number of hydrogen-bond acceptors (Lipinski definition) is 2. The molecule has 2 N–H and O–H groups in total. The van der Waals surface area contributed by atoms with E-state index in [-0.39, 0.29) is 0 Å². The van der Waals surface area contributed by atoms with E-state index in [4.69, 9.17) is 4.74 Å². The zero-order valence-electron chi connectivity index (χ0n) is 12.2. The van der Waals surface area contributed by atoms with Crippen molar-refractivity contribution in [3.63, 3.8) is 0 Å². The van der Waals surface area contributed by atoms with Crippen molar-refractivity contribution < 1.29 is 4.74 Å². The van der Waals surface area contributed by atoms with Crippen molar-refractivity contribution in [3.05, 3.63) is 65.9 Å². The Kier molecular flexibility index (Phi) is 4.22. The number of ether oxygens (including phenoxy) is 1. The van der Waals surface area contributed by atoms with E-state index in [1.807, 2.05) is 31.3 Å². The summed E-state index contributed by atoms with van der Waals surface area (Å²) in [5.74, 6) is 0.914. The minimum atomic E-state index is 0.600. The number of rotatable bonds is 6. The molecule has 0 bridgehead atoms. The van der Waals surface area contributed by atoms with Gasteiger partial charge in [0.2, 0.25) is 0 Å². The summed E-state index contributed by atoms with van der Waals surface area (Å²) in [6, 6.07) is 16.5. The standard InChI is InChI=1S/C18H20N2O/c1-19-10-9-15-12-20-18-8-7-16(11-17(15)18)21-13-14-5-3-2-4-6-14/h2-8,11-12,19-20H,9-10,13H2,1H3. The molecule has 0 saturated heterocycles. The highest BCUT2D eigenvalue weighted by atomic mass is 16.5. The average molecular weight is 280 g/mol. The third-order valence-electron chi connectivity index (χ3n) is 3.63. The van der Waals surface area contributed by atoms with Gasteiger partial charge < -0.3 is 15.0 Å². The zero-order chi connectivity index (χ0) is 14.5. The average Bonchev–Trinajstić information content (AvgIpc) is 2.94. The molecule has 3 heteroatoms. The second-order valence-electron chi connectivity index (χ2n) is 5.15. The topological polar surface area (TPSA) is 37.0 Å². The second-order valence-corrected chi connectivity index (χ2v) is 5.15. The van der Waals surface area contributed by atoms with E-state index in [0.29, 0.717) is 6.61 Å². The summed E-state index contributed by atoms with van der Waals surface area (Å²) >= 11 is 0. The third-order valence-corrected chi connectivity index (χ3v) is 3.63. The Hall–Kier alpha value is -2.26. The molecule has 3 aromatic rings. The number of aromatic nitrogens is 1. The van der Waals surface area contributed by atoms with Crippen molar-refractivity contribution in [1.29, 1.82) is 0 Å². The van der Waals surface area contributed by atoms with Crippen LogP contribution in [0.3, 0.4) is 0 Å². The smallest absolute Gasteiger partial charge is 0.120 e. The van der Waals surface area contributed by atoms with E-state index in [9.17, 15) is 0 Å². The number of H-pyrrole nitrogens is 1. The Labute approximate surface area is 125 Å². The van der Waals surface area contributed by atoms with Crippen molar-refractivity contribution in [3.8, 4) is 5.75 Å². The number of likely N-dealkylation sites (N-methyl/N-ethyl adjacent to an activating group) is 1. The maximum Gasteiger partial charge on any atom is 0.120 e.